The van der Waals surface area contributed by atoms with E-state index in [1.54, 1.807) is 24.4 Å². The number of aromatic nitrogens is 1. The van der Waals surface area contributed by atoms with Crippen molar-refractivity contribution in [3.63, 3.8) is 0 Å². The van der Waals surface area contributed by atoms with Gasteiger partial charge in [0, 0.05) is 17.8 Å². The average Bonchev–Trinajstić information content (AvgIpc) is 2.63. The number of carbonyl (C=O) groups is 2. The number of ether oxygens (including phenoxy) is 1. The van der Waals surface area contributed by atoms with E-state index < -0.39 is 11.8 Å². The van der Waals surface area contributed by atoms with Crippen LogP contribution in [-0.2, 0) is 4.79 Å². The van der Waals surface area contributed by atoms with Gasteiger partial charge in [-0.05, 0) is 49.4 Å². The molecule has 0 radical (unpaired) electrons. The number of hydrogen-bond donors (Lipinski definition) is 1. The summed E-state index contributed by atoms with van der Waals surface area (Å²) in [5, 5.41) is 9.01. The Kier molecular flexibility index (Phi) is 5.07. The highest BCUT2D eigenvalue weighted by Crippen LogP contribution is 2.28. The zero-order chi connectivity index (χ0) is 17.8. The first-order valence-electron chi connectivity index (χ1n) is 8.17. The molecule has 0 amide bonds. The molecule has 1 saturated carbocycles. The predicted molar refractivity (Wildman–Crippen MR) is 89.0 cm³/mol. The molecule has 0 atom stereocenters. The maximum absolute atomic E-state index is 13.7. The highest BCUT2D eigenvalue weighted by molar-refractivity contribution is 5.77. The van der Waals surface area contributed by atoms with Crippen LogP contribution in [0.5, 0.6) is 5.88 Å². The molecule has 0 aliphatic heterocycles. The van der Waals surface area contributed by atoms with Gasteiger partial charge >= 0.3 is 5.97 Å². The topological polar surface area (TPSA) is 76.5 Å². The molecular formula is C19H18FNO4. The van der Waals surface area contributed by atoms with Gasteiger partial charge < -0.3 is 9.84 Å². The number of nitrogens with zero attached hydrogens (tertiary/aromatic N) is 1. The molecule has 5 nitrogen and oxygen atoms in total. The summed E-state index contributed by atoms with van der Waals surface area (Å²) in [4.78, 5) is 25.9. The van der Waals surface area contributed by atoms with Gasteiger partial charge in [-0.1, -0.05) is 6.07 Å². The van der Waals surface area contributed by atoms with Crippen LogP contribution >= 0.6 is 0 Å². The summed E-state index contributed by atoms with van der Waals surface area (Å²) >= 11 is 0. The number of halogens is 1. The summed E-state index contributed by atoms with van der Waals surface area (Å²) in [5.41, 5.74) is 1.37. The molecule has 0 spiro atoms. The molecule has 0 saturated heterocycles. The Hall–Kier alpha value is -2.76. The van der Waals surface area contributed by atoms with Crippen LogP contribution in [0.1, 0.15) is 36.0 Å². The number of pyridine rings is 1. The third-order valence-electron chi connectivity index (χ3n) is 4.51. The number of carboxylic acids is 1. The second-order valence-electron chi connectivity index (χ2n) is 6.17. The zero-order valence-corrected chi connectivity index (χ0v) is 13.5. The van der Waals surface area contributed by atoms with Crippen molar-refractivity contribution in [1.29, 1.82) is 0 Å². The van der Waals surface area contributed by atoms with Crippen LogP contribution in [0, 0.1) is 11.7 Å². The maximum Gasteiger partial charge on any atom is 0.306 e. The van der Waals surface area contributed by atoms with Crippen LogP contribution in [0.15, 0.2) is 36.5 Å². The molecule has 1 aliphatic carbocycles. The Morgan fingerprint density at radius 2 is 1.88 bits per heavy atom. The zero-order valence-electron chi connectivity index (χ0n) is 13.5. The fourth-order valence-electron chi connectivity index (χ4n) is 3.02. The lowest BCUT2D eigenvalue weighted by atomic mass is 9.87. The molecule has 1 N–H and O–H groups in total. The first kappa shape index (κ1) is 17.1. The van der Waals surface area contributed by atoms with E-state index in [4.69, 9.17) is 9.84 Å². The molecule has 1 aromatic carbocycles. The summed E-state index contributed by atoms with van der Waals surface area (Å²) in [6, 6.07) is 7.89. The number of rotatable bonds is 5. The Bertz CT molecular complexity index is 767. The van der Waals surface area contributed by atoms with E-state index in [0.717, 1.165) is 5.56 Å². The number of carboxylic acid groups (broad SMARTS) is 1. The Balaban J connectivity index is 1.64. The summed E-state index contributed by atoms with van der Waals surface area (Å²) in [6.45, 7) is 0. The molecule has 1 aromatic heterocycles. The van der Waals surface area contributed by atoms with Gasteiger partial charge in [0.05, 0.1) is 11.5 Å². The summed E-state index contributed by atoms with van der Waals surface area (Å²) < 4.78 is 19.5. The predicted octanol–water partition coefficient (Wildman–Crippen LogP) is 3.72. The Morgan fingerprint density at radius 3 is 2.44 bits per heavy atom. The van der Waals surface area contributed by atoms with E-state index in [1.165, 1.54) is 12.1 Å². The van der Waals surface area contributed by atoms with Gasteiger partial charge in [0.25, 0.3) is 0 Å². The lowest BCUT2D eigenvalue weighted by Gasteiger charge is -2.26. The molecular weight excluding hydrogens is 325 g/mol. The van der Waals surface area contributed by atoms with Crippen LogP contribution in [-0.4, -0.2) is 28.4 Å². The summed E-state index contributed by atoms with van der Waals surface area (Å²) in [5.74, 6) is -1.12. The summed E-state index contributed by atoms with van der Waals surface area (Å²) in [7, 11) is 0. The van der Waals surface area contributed by atoms with E-state index in [0.29, 0.717) is 43.4 Å². The van der Waals surface area contributed by atoms with Crippen molar-refractivity contribution in [3.05, 3.63) is 47.9 Å². The van der Waals surface area contributed by atoms with Crippen molar-refractivity contribution >= 4 is 12.3 Å². The molecule has 1 heterocycles. The van der Waals surface area contributed by atoms with Crippen molar-refractivity contribution in [2.45, 2.75) is 31.8 Å². The molecule has 2 aromatic rings. The average molecular weight is 343 g/mol. The number of carbonyl (C=O) groups excluding carboxylic acids is 1. The van der Waals surface area contributed by atoms with Crippen molar-refractivity contribution in [3.8, 4) is 17.0 Å². The van der Waals surface area contributed by atoms with Crippen molar-refractivity contribution < 1.29 is 23.8 Å². The Labute approximate surface area is 144 Å². The number of aldehydes is 1. The van der Waals surface area contributed by atoms with Crippen LogP contribution in [0.2, 0.25) is 0 Å². The van der Waals surface area contributed by atoms with E-state index in [9.17, 15) is 14.0 Å². The van der Waals surface area contributed by atoms with Crippen molar-refractivity contribution in [2.24, 2.45) is 5.92 Å². The molecule has 1 fully saturated rings. The van der Waals surface area contributed by atoms with Gasteiger partial charge in [-0.2, -0.15) is 0 Å². The Morgan fingerprint density at radius 1 is 1.16 bits per heavy atom. The van der Waals surface area contributed by atoms with E-state index in [-0.39, 0.29) is 17.6 Å². The monoisotopic (exact) mass is 343 g/mol. The highest BCUT2D eigenvalue weighted by atomic mass is 19.1. The van der Waals surface area contributed by atoms with Gasteiger partial charge in [-0.15, -0.1) is 0 Å². The van der Waals surface area contributed by atoms with Gasteiger partial charge in [-0.25, -0.2) is 9.37 Å². The normalized spacial score (nSPS) is 20.0. The van der Waals surface area contributed by atoms with E-state index >= 15 is 0 Å². The van der Waals surface area contributed by atoms with Crippen LogP contribution in [0.3, 0.4) is 0 Å². The molecule has 3 rings (SSSR count). The lowest BCUT2D eigenvalue weighted by Crippen LogP contribution is -2.28. The van der Waals surface area contributed by atoms with Crippen molar-refractivity contribution in [2.75, 3.05) is 0 Å². The maximum atomic E-state index is 13.7. The van der Waals surface area contributed by atoms with Gasteiger partial charge in [0.1, 0.15) is 11.9 Å². The minimum absolute atomic E-state index is 0.0219. The fourth-order valence-corrected chi connectivity index (χ4v) is 3.02. The highest BCUT2D eigenvalue weighted by Gasteiger charge is 2.27. The second-order valence-corrected chi connectivity index (χ2v) is 6.17. The lowest BCUT2D eigenvalue weighted by molar-refractivity contribution is -0.143. The quantitative estimate of drug-likeness (QED) is 0.837. The van der Waals surface area contributed by atoms with Crippen LogP contribution in [0.25, 0.3) is 11.1 Å². The number of hydrogen-bond acceptors (Lipinski definition) is 4. The van der Waals surface area contributed by atoms with E-state index in [1.807, 2.05) is 0 Å². The van der Waals surface area contributed by atoms with Crippen LogP contribution in [0.4, 0.5) is 4.39 Å². The number of benzene rings is 1. The molecule has 130 valence electrons. The number of aliphatic carboxylic acids is 1. The van der Waals surface area contributed by atoms with Gasteiger partial charge in [0.15, 0.2) is 6.29 Å². The summed E-state index contributed by atoms with van der Waals surface area (Å²) in [6.07, 6.45) is 4.65. The fraction of sp³-hybridized carbons (Fsp3) is 0.316. The molecule has 25 heavy (non-hydrogen) atoms. The largest absolute Gasteiger partial charge is 0.481 e. The molecule has 1 aliphatic rings. The SMILES string of the molecule is O=Cc1ccc(-c2ccc(O[C@H]3CC[C@H](C(=O)O)CC3)nc2)cc1F. The molecule has 6 heteroatoms. The molecule has 0 unspecified atom stereocenters. The second kappa shape index (κ2) is 7.42. The third-order valence-corrected chi connectivity index (χ3v) is 4.51. The third kappa shape index (κ3) is 4.02. The van der Waals surface area contributed by atoms with Gasteiger partial charge in [0.2, 0.25) is 5.88 Å². The van der Waals surface area contributed by atoms with E-state index in [2.05, 4.69) is 4.98 Å². The van der Waals surface area contributed by atoms with Gasteiger partial charge in [-0.3, -0.25) is 9.59 Å². The minimum atomic E-state index is -0.742. The minimum Gasteiger partial charge on any atom is -0.481 e. The smallest absolute Gasteiger partial charge is 0.306 e. The first-order chi connectivity index (χ1) is 12.1. The molecule has 0 bridgehead atoms. The first-order valence-corrected chi connectivity index (χ1v) is 8.17. The standard InChI is InChI=1S/C19H18FNO4/c20-17-9-13(1-2-15(17)11-22)14-5-8-18(21-10-14)25-16-6-3-12(4-7-16)19(23)24/h1-2,5,8-12,16H,3-4,6-7H2,(H,23,24)/t12-,16-. The van der Waals surface area contributed by atoms with Crippen molar-refractivity contribution in [1.82, 2.24) is 4.98 Å². The van der Waals surface area contributed by atoms with Crippen LogP contribution < -0.4 is 4.74 Å².